The molecule has 0 aliphatic rings. The maximum Gasteiger partial charge on any atom is 0.408 e. The van der Waals surface area contributed by atoms with Crippen molar-refractivity contribution in [3.05, 3.63) is 33.0 Å². The van der Waals surface area contributed by atoms with Crippen molar-refractivity contribution in [2.75, 3.05) is 0 Å². The third kappa shape index (κ3) is 5.83. The molecule has 1 amide bonds. The van der Waals surface area contributed by atoms with E-state index < -0.39 is 23.1 Å². The van der Waals surface area contributed by atoms with E-state index in [2.05, 4.69) is 21.2 Å². The molecule has 0 unspecified atom stereocenters. The quantitative estimate of drug-likeness (QED) is 0.742. The molecular weight excluding hydrogens is 361 g/mol. The lowest BCUT2D eigenvalue weighted by atomic mass is 9.95. The van der Waals surface area contributed by atoms with Crippen LogP contribution in [0, 0.1) is 5.82 Å². The molecular formula is C15H20BrClFNO2. The van der Waals surface area contributed by atoms with Gasteiger partial charge in [0, 0.05) is 5.54 Å². The predicted octanol–water partition coefficient (Wildman–Crippen LogP) is 5.09. The molecule has 0 aliphatic carbocycles. The van der Waals surface area contributed by atoms with E-state index >= 15 is 0 Å². The highest BCUT2D eigenvalue weighted by Crippen LogP contribution is 2.29. The van der Waals surface area contributed by atoms with Gasteiger partial charge in [-0.25, -0.2) is 9.18 Å². The number of alkyl carbamates (subject to hydrolysis) is 1. The summed E-state index contributed by atoms with van der Waals surface area (Å²) in [4.78, 5) is 11.8. The standard InChI is InChI=1S/C15H20BrClFNO2/c1-14(2,3)21-13(20)19-15(4,5)8-9-6-7-10(17)12(18)11(9)16/h6-7H,8H2,1-5H3,(H,19,20). The van der Waals surface area contributed by atoms with Gasteiger partial charge in [-0.3, -0.25) is 0 Å². The van der Waals surface area contributed by atoms with Crippen molar-refractivity contribution >= 4 is 33.6 Å². The number of hydrogen-bond acceptors (Lipinski definition) is 2. The Bertz CT molecular complexity index is 541. The number of carbonyl (C=O) groups is 1. The van der Waals surface area contributed by atoms with E-state index in [0.29, 0.717) is 10.9 Å². The molecule has 3 nitrogen and oxygen atoms in total. The second-order valence-corrected chi connectivity index (χ2v) is 7.72. The van der Waals surface area contributed by atoms with Gasteiger partial charge in [0.2, 0.25) is 0 Å². The minimum Gasteiger partial charge on any atom is -0.444 e. The fraction of sp³-hybridized carbons (Fsp3) is 0.533. The summed E-state index contributed by atoms with van der Waals surface area (Å²) in [6.07, 6.45) is -0.0703. The molecule has 0 aliphatic heterocycles. The summed E-state index contributed by atoms with van der Waals surface area (Å²) in [5.41, 5.74) is -0.434. The number of ether oxygens (including phenoxy) is 1. The van der Waals surface area contributed by atoms with Crippen LogP contribution in [0.25, 0.3) is 0 Å². The second-order valence-electron chi connectivity index (χ2n) is 6.52. The van der Waals surface area contributed by atoms with Gasteiger partial charge in [-0.05, 0) is 68.6 Å². The van der Waals surface area contributed by atoms with Crippen LogP contribution in [-0.2, 0) is 11.2 Å². The molecule has 1 aromatic carbocycles. The van der Waals surface area contributed by atoms with E-state index in [0.717, 1.165) is 5.56 Å². The SMILES string of the molecule is CC(C)(Cc1ccc(Cl)c(F)c1Br)NC(=O)OC(C)(C)C. The van der Waals surface area contributed by atoms with Crippen LogP contribution in [-0.4, -0.2) is 17.2 Å². The van der Waals surface area contributed by atoms with Gasteiger partial charge in [0.1, 0.15) is 5.60 Å². The largest absolute Gasteiger partial charge is 0.444 e. The monoisotopic (exact) mass is 379 g/mol. The first-order chi connectivity index (χ1) is 9.41. The fourth-order valence-electron chi connectivity index (χ4n) is 1.80. The topological polar surface area (TPSA) is 38.3 Å². The third-order valence-electron chi connectivity index (χ3n) is 2.59. The van der Waals surface area contributed by atoms with Crippen LogP contribution in [0.5, 0.6) is 0 Å². The van der Waals surface area contributed by atoms with E-state index in [1.807, 2.05) is 13.8 Å². The molecule has 0 spiro atoms. The normalized spacial score (nSPS) is 12.2. The molecule has 0 heterocycles. The van der Waals surface area contributed by atoms with E-state index in [1.165, 1.54) is 6.07 Å². The second kappa shape index (κ2) is 6.53. The number of rotatable bonds is 3. The van der Waals surface area contributed by atoms with E-state index in [9.17, 15) is 9.18 Å². The van der Waals surface area contributed by atoms with Crippen molar-refractivity contribution in [2.45, 2.75) is 52.2 Å². The van der Waals surface area contributed by atoms with Gasteiger partial charge in [-0.1, -0.05) is 17.7 Å². The van der Waals surface area contributed by atoms with Crippen LogP contribution in [0.1, 0.15) is 40.2 Å². The highest BCUT2D eigenvalue weighted by atomic mass is 79.9. The van der Waals surface area contributed by atoms with E-state index in [1.54, 1.807) is 26.8 Å². The molecule has 0 radical (unpaired) electrons. The summed E-state index contributed by atoms with van der Waals surface area (Å²) < 4.78 is 19.3. The van der Waals surface area contributed by atoms with Crippen molar-refractivity contribution in [3.8, 4) is 0 Å². The van der Waals surface area contributed by atoms with Gasteiger partial charge in [0.05, 0.1) is 9.50 Å². The average Bonchev–Trinajstić information content (AvgIpc) is 2.26. The summed E-state index contributed by atoms with van der Waals surface area (Å²) in [6, 6.07) is 3.23. The Morgan fingerprint density at radius 3 is 2.43 bits per heavy atom. The van der Waals surface area contributed by atoms with Crippen LogP contribution >= 0.6 is 27.5 Å². The number of benzene rings is 1. The van der Waals surface area contributed by atoms with Crippen LogP contribution < -0.4 is 5.32 Å². The molecule has 1 aromatic rings. The van der Waals surface area contributed by atoms with Crippen LogP contribution in [0.3, 0.4) is 0 Å². The van der Waals surface area contributed by atoms with Crippen molar-refractivity contribution < 1.29 is 13.9 Å². The highest BCUT2D eigenvalue weighted by Gasteiger charge is 2.26. The smallest absolute Gasteiger partial charge is 0.408 e. The van der Waals surface area contributed by atoms with Crippen molar-refractivity contribution in [3.63, 3.8) is 0 Å². The Morgan fingerprint density at radius 2 is 1.90 bits per heavy atom. The van der Waals surface area contributed by atoms with Crippen molar-refractivity contribution in [2.24, 2.45) is 0 Å². The molecule has 0 aromatic heterocycles. The number of hydrogen-bond donors (Lipinski definition) is 1. The lowest BCUT2D eigenvalue weighted by Crippen LogP contribution is -2.47. The summed E-state index contributed by atoms with van der Waals surface area (Å²) in [5.74, 6) is -0.498. The van der Waals surface area contributed by atoms with Crippen LogP contribution in [0.4, 0.5) is 9.18 Å². The lowest BCUT2D eigenvalue weighted by Gasteiger charge is -2.29. The lowest BCUT2D eigenvalue weighted by molar-refractivity contribution is 0.0472. The van der Waals surface area contributed by atoms with E-state index in [-0.39, 0.29) is 5.02 Å². The van der Waals surface area contributed by atoms with Gasteiger partial charge in [0.15, 0.2) is 5.82 Å². The summed E-state index contributed by atoms with van der Waals surface area (Å²) >= 11 is 8.91. The number of halogens is 3. The minimum absolute atomic E-state index is 0.0588. The Balaban J connectivity index is 2.81. The van der Waals surface area contributed by atoms with Gasteiger partial charge in [-0.15, -0.1) is 0 Å². The zero-order valence-electron chi connectivity index (χ0n) is 12.8. The molecule has 6 heteroatoms. The third-order valence-corrected chi connectivity index (χ3v) is 3.74. The Kier molecular flexibility index (Phi) is 5.67. The summed E-state index contributed by atoms with van der Waals surface area (Å²) in [7, 11) is 0. The first-order valence-electron chi connectivity index (χ1n) is 6.55. The van der Waals surface area contributed by atoms with Gasteiger partial charge >= 0.3 is 6.09 Å². The molecule has 21 heavy (non-hydrogen) atoms. The van der Waals surface area contributed by atoms with Crippen molar-refractivity contribution in [1.29, 1.82) is 0 Å². The molecule has 0 atom stereocenters. The zero-order valence-corrected chi connectivity index (χ0v) is 15.2. The van der Waals surface area contributed by atoms with Crippen LogP contribution in [0.15, 0.2) is 16.6 Å². The summed E-state index contributed by atoms with van der Waals surface area (Å²) in [5, 5.41) is 2.84. The first-order valence-corrected chi connectivity index (χ1v) is 7.72. The molecule has 118 valence electrons. The van der Waals surface area contributed by atoms with E-state index in [4.69, 9.17) is 16.3 Å². The highest BCUT2D eigenvalue weighted by molar-refractivity contribution is 9.10. The maximum atomic E-state index is 13.8. The Hall–Kier alpha value is -0.810. The molecule has 0 saturated carbocycles. The fourth-order valence-corrected chi connectivity index (χ4v) is 2.56. The molecule has 0 bridgehead atoms. The average molecular weight is 381 g/mol. The van der Waals surface area contributed by atoms with Gasteiger partial charge in [-0.2, -0.15) is 0 Å². The molecule has 0 saturated heterocycles. The van der Waals surface area contributed by atoms with Crippen molar-refractivity contribution in [1.82, 2.24) is 5.32 Å². The molecule has 1 rings (SSSR count). The predicted molar refractivity (Wildman–Crippen MR) is 86.3 cm³/mol. The maximum absolute atomic E-state index is 13.8. The van der Waals surface area contributed by atoms with Gasteiger partial charge in [0.25, 0.3) is 0 Å². The van der Waals surface area contributed by atoms with Crippen LogP contribution in [0.2, 0.25) is 5.02 Å². The number of amides is 1. The molecule has 0 fully saturated rings. The van der Waals surface area contributed by atoms with Gasteiger partial charge < -0.3 is 10.1 Å². The Labute approximate surface area is 138 Å². The summed E-state index contributed by atoms with van der Waals surface area (Å²) in [6.45, 7) is 9.08. The first kappa shape index (κ1) is 18.2. The Morgan fingerprint density at radius 1 is 1.33 bits per heavy atom. The minimum atomic E-state index is -0.592. The number of nitrogens with one attached hydrogen (secondary N) is 1. The number of carbonyl (C=O) groups excluding carboxylic acids is 1. The molecule has 1 N–H and O–H groups in total. The zero-order chi connectivity index (χ0) is 16.4.